The number of aryl methyl sites for hydroxylation is 1. The predicted molar refractivity (Wildman–Crippen MR) is 114 cm³/mol. The molecule has 0 aliphatic heterocycles. The number of anilines is 1. The summed E-state index contributed by atoms with van der Waals surface area (Å²) < 4.78 is 27.1. The van der Waals surface area contributed by atoms with Crippen LogP contribution in [0.4, 0.5) is 5.13 Å². The van der Waals surface area contributed by atoms with Crippen molar-refractivity contribution in [3.05, 3.63) is 68.6 Å². The summed E-state index contributed by atoms with van der Waals surface area (Å²) in [6, 6.07) is 11.2. The second-order valence-electron chi connectivity index (χ2n) is 6.04. The van der Waals surface area contributed by atoms with E-state index in [2.05, 4.69) is 20.2 Å². The molecule has 0 bridgehead atoms. The van der Waals surface area contributed by atoms with Crippen molar-refractivity contribution in [1.82, 2.24) is 14.9 Å². The highest BCUT2D eigenvalue weighted by Gasteiger charge is 2.16. The minimum Gasteiger partial charge on any atom is -0.296 e. The number of carbonyl (C=O) groups excluding carboxylic acids is 1. The van der Waals surface area contributed by atoms with Gasteiger partial charge in [0.15, 0.2) is 0 Å². The zero-order valence-corrected chi connectivity index (χ0v) is 18.3. The fourth-order valence-electron chi connectivity index (χ4n) is 2.33. The standard InChI is InChI=1S/C18H16Cl2N4O3S2/c1-11-2-5-13(6-3-11)29(26,27)21-9-8-16-23-24-18(28-16)22-17(25)14-10-12(19)4-7-15(14)20/h2-7,10,21H,8-9H2,1H3,(H,22,24,25). The Bertz CT molecular complexity index is 1130. The van der Waals surface area contributed by atoms with Gasteiger partial charge in [-0.05, 0) is 37.3 Å². The van der Waals surface area contributed by atoms with Crippen molar-refractivity contribution in [3.8, 4) is 0 Å². The third-order valence-electron chi connectivity index (χ3n) is 3.82. The quantitative estimate of drug-likeness (QED) is 0.544. The van der Waals surface area contributed by atoms with E-state index in [1.807, 2.05) is 6.92 Å². The molecule has 7 nitrogen and oxygen atoms in total. The molecule has 0 saturated carbocycles. The lowest BCUT2D eigenvalue weighted by Crippen LogP contribution is -2.25. The number of carbonyl (C=O) groups is 1. The monoisotopic (exact) mass is 470 g/mol. The van der Waals surface area contributed by atoms with Crippen LogP contribution in [0, 0.1) is 6.92 Å². The van der Waals surface area contributed by atoms with Crippen LogP contribution >= 0.6 is 34.5 Å². The normalized spacial score (nSPS) is 11.4. The van der Waals surface area contributed by atoms with E-state index >= 15 is 0 Å². The Labute approximate surface area is 182 Å². The van der Waals surface area contributed by atoms with E-state index in [4.69, 9.17) is 23.2 Å². The molecular weight excluding hydrogens is 455 g/mol. The molecule has 3 aromatic rings. The maximum atomic E-state index is 12.3. The van der Waals surface area contributed by atoms with Gasteiger partial charge in [0.25, 0.3) is 5.91 Å². The van der Waals surface area contributed by atoms with E-state index in [0.29, 0.717) is 16.5 Å². The average Bonchev–Trinajstić information content (AvgIpc) is 3.11. The first kappa shape index (κ1) is 21.7. The minimum absolute atomic E-state index is 0.152. The van der Waals surface area contributed by atoms with E-state index in [-0.39, 0.29) is 27.2 Å². The van der Waals surface area contributed by atoms with Crippen molar-refractivity contribution in [3.63, 3.8) is 0 Å². The molecule has 0 fully saturated rings. The minimum atomic E-state index is -3.59. The number of hydrogen-bond donors (Lipinski definition) is 2. The molecule has 3 rings (SSSR count). The van der Waals surface area contributed by atoms with Crippen molar-refractivity contribution in [2.45, 2.75) is 18.2 Å². The van der Waals surface area contributed by atoms with Gasteiger partial charge in [-0.3, -0.25) is 10.1 Å². The van der Waals surface area contributed by atoms with Crippen LogP contribution in [0.3, 0.4) is 0 Å². The fourth-order valence-corrected chi connectivity index (χ4v) is 4.48. The van der Waals surface area contributed by atoms with Crippen LogP contribution in [0.2, 0.25) is 10.0 Å². The van der Waals surface area contributed by atoms with Crippen LogP contribution in [-0.2, 0) is 16.4 Å². The van der Waals surface area contributed by atoms with Gasteiger partial charge in [0, 0.05) is 18.0 Å². The highest BCUT2D eigenvalue weighted by molar-refractivity contribution is 7.89. The van der Waals surface area contributed by atoms with Crippen LogP contribution in [0.1, 0.15) is 20.9 Å². The van der Waals surface area contributed by atoms with Gasteiger partial charge in [0.1, 0.15) is 5.01 Å². The number of halogens is 2. The second-order valence-corrected chi connectivity index (χ2v) is 9.71. The first-order chi connectivity index (χ1) is 13.7. The molecule has 2 aromatic carbocycles. The summed E-state index contributed by atoms with van der Waals surface area (Å²) >= 11 is 13.1. The molecule has 0 atom stereocenters. The van der Waals surface area contributed by atoms with Crippen LogP contribution in [0.15, 0.2) is 47.4 Å². The maximum Gasteiger partial charge on any atom is 0.259 e. The fraction of sp³-hybridized carbons (Fsp3) is 0.167. The van der Waals surface area contributed by atoms with Crippen LogP contribution in [0.25, 0.3) is 0 Å². The Morgan fingerprint density at radius 3 is 2.55 bits per heavy atom. The molecular formula is C18H16Cl2N4O3S2. The highest BCUT2D eigenvalue weighted by atomic mass is 35.5. The summed E-state index contributed by atoms with van der Waals surface area (Å²) in [5.74, 6) is -0.458. The second kappa shape index (κ2) is 9.19. The lowest BCUT2D eigenvalue weighted by Gasteiger charge is -2.06. The first-order valence-corrected chi connectivity index (χ1v) is 11.5. The van der Waals surface area contributed by atoms with Crippen molar-refractivity contribution in [1.29, 1.82) is 0 Å². The van der Waals surface area contributed by atoms with Gasteiger partial charge in [-0.15, -0.1) is 10.2 Å². The zero-order valence-electron chi connectivity index (χ0n) is 15.1. The van der Waals surface area contributed by atoms with E-state index in [9.17, 15) is 13.2 Å². The molecule has 1 aromatic heterocycles. The van der Waals surface area contributed by atoms with Crippen LogP contribution < -0.4 is 10.0 Å². The summed E-state index contributed by atoms with van der Waals surface area (Å²) in [6.45, 7) is 2.04. The summed E-state index contributed by atoms with van der Waals surface area (Å²) in [4.78, 5) is 12.5. The average molecular weight is 471 g/mol. The van der Waals surface area contributed by atoms with Gasteiger partial charge in [-0.2, -0.15) is 0 Å². The summed E-state index contributed by atoms with van der Waals surface area (Å²) in [5, 5.41) is 12.0. The van der Waals surface area contributed by atoms with E-state index < -0.39 is 15.9 Å². The number of amides is 1. The van der Waals surface area contributed by atoms with E-state index in [0.717, 1.165) is 16.9 Å². The van der Waals surface area contributed by atoms with Crippen molar-refractivity contribution >= 4 is 55.6 Å². The Balaban J connectivity index is 1.57. The lowest BCUT2D eigenvalue weighted by molar-refractivity contribution is 0.102. The third-order valence-corrected chi connectivity index (χ3v) is 6.76. The Morgan fingerprint density at radius 2 is 1.83 bits per heavy atom. The Morgan fingerprint density at radius 1 is 1.10 bits per heavy atom. The molecule has 152 valence electrons. The topological polar surface area (TPSA) is 101 Å². The molecule has 0 spiro atoms. The molecule has 2 N–H and O–H groups in total. The van der Waals surface area contributed by atoms with E-state index in [1.54, 1.807) is 30.3 Å². The van der Waals surface area contributed by atoms with E-state index in [1.165, 1.54) is 12.1 Å². The SMILES string of the molecule is Cc1ccc(S(=O)(=O)NCCc2nnc(NC(=O)c3cc(Cl)ccc3Cl)s2)cc1. The molecule has 29 heavy (non-hydrogen) atoms. The number of rotatable bonds is 7. The van der Waals surface area contributed by atoms with Crippen LogP contribution in [-0.4, -0.2) is 31.1 Å². The van der Waals surface area contributed by atoms with Gasteiger partial charge in [0.2, 0.25) is 15.2 Å². The summed E-state index contributed by atoms with van der Waals surface area (Å²) in [5.41, 5.74) is 1.20. The van der Waals surface area contributed by atoms with Gasteiger partial charge in [0.05, 0.1) is 15.5 Å². The largest absolute Gasteiger partial charge is 0.296 e. The van der Waals surface area contributed by atoms with Crippen molar-refractivity contribution in [2.24, 2.45) is 0 Å². The number of hydrogen-bond acceptors (Lipinski definition) is 6. The smallest absolute Gasteiger partial charge is 0.259 e. The number of aromatic nitrogens is 2. The molecule has 1 amide bonds. The van der Waals surface area contributed by atoms with Crippen LogP contribution in [0.5, 0.6) is 0 Å². The summed E-state index contributed by atoms with van der Waals surface area (Å²) in [7, 11) is -3.59. The highest BCUT2D eigenvalue weighted by Crippen LogP contribution is 2.23. The Kier molecular flexibility index (Phi) is 6.86. The van der Waals surface area contributed by atoms with Crippen molar-refractivity contribution < 1.29 is 13.2 Å². The van der Waals surface area contributed by atoms with Gasteiger partial charge in [-0.25, -0.2) is 13.1 Å². The molecule has 11 heteroatoms. The maximum absolute atomic E-state index is 12.3. The molecule has 0 unspecified atom stereocenters. The molecule has 0 aliphatic carbocycles. The molecule has 1 heterocycles. The van der Waals surface area contributed by atoms with Crippen molar-refractivity contribution in [2.75, 3.05) is 11.9 Å². The first-order valence-electron chi connectivity index (χ1n) is 8.40. The third kappa shape index (κ3) is 5.74. The summed E-state index contributed by atoms with van der Waals surface area (Å²) in [6.07, 6.45) is 0.330. The Hall–Kier alpha value is -2.04. The molecule has 0 saturated heterocycles. The number of benzene rings is 2. The number of nitrogens with zero attached hydrogens (tertiary/aromatic N) is 2. The zero-order chi connectivity index (χ0) is 21.0. The van der Waals surface area contributed by atoms with Gasteiger partial charge < -0.3 is 0 Å². The number of sulfonamides is 1. The predicted octanol–water partition coefficient (Wildman–Crippen LogP) is 3.93. The van der Waals surface area contributed by atoms with Gasteiger partial charge in [-0.1, -0.05) is 52.2 Å². The number of nitrogens with one attached hydrogen (secondary N) is 2. The molecule has 0 radical (unpaired) electrons. The lowest BCUT2D eigenvalue weighted by atomic mass is 10.2. The van der Waals surface area contributed by atoms with Gasteiger partial charge >= 0.3 is 0 Å². The molecule has 0 aliphatic rings.